The van der Waals surface area contributed by atoms with E-state index in [0.717, 1.165) is 42.5 Å². The molecule has 0 unspecified atom stereocenters. The molecule has 3 aromatic rings. The van der Waals surface area contributed by atoms with E-state index in [1.165, 1.54) is 12.8 Å². The van der Waals surface area contributed by atoms with Crippen molar-refractivity contribution in [2.75, 3.05) is 7.11 Å². The van der Waals surface area contributed by atoms with Crippen LogP contribution in [0.2, 0.25) is 0 Å². The molecule has 2 aromatic heterocycles. The number of para-hydroxylation sites is 1. The number of aromatic nitrogens is 1. The number of ether oxygens (including phenoxy) is 1. The lowest BCUT2D eigenvalue weighted by Gasteiger charge is -2.44. The van der Waals surface area contributed by atoms with Gasteiger partial charge in [-0.25, -0.2) is 0 Å². The van der Waals surface area contributed by atoms with Crippen LogP contribution in [0.25, 0.3) is 11.1 Å². The lowest BCUT2D eigenvalue weighted by Crippen LogP contribution is -2.64. The number of hydrogen-bond acceptors (Lipinski definition) is 4. The van der Waals surface area contributed by atoms with Crippen LogP contribution in [0.3, 0.4) is 0 Å². The summed E-state index contributed by atoms with van der Waals surface area (Å²) in [5.74, 6) is 1.20. The van der Waals surface area contributed by atoms with Crippen LogP contribution in [-0.4, -0.2) is 40.0 Å². The van der Waals surface area contributed by atoms with Crippen LogP contribution in [0, 0.1) is 6.92 Å². The predicted molar refractivity (Wildman–Crippen MR) is 130 cm³/mol. The normalized spacial score (nSPS) is 21.4. The van der Waals surface area contributed by atoms with E-state index in [-0.39, 0.29) is 24.4 Å². The predicted octanol–water partition coefficient (Wildman–Crippen LogP) is 4.81. The van der Waals surface area contributed by atoms with Crippen molar-refractivity contribution < 1.29 is 18.7 Å². The van der Waals surface area contributed by atoms with Crippen molar-refractivity contribution >= 4 is 22.9 Å². The number of nitrogens with zero attached hydrogens (tertiary/aromatic N) is 2. The Hall–Kier alpha value is -3.22. The SMILES string of the molecule is COc1ccccc1CN1C(=O)c2cc3oc(C)cc3n2C[C@@]1(C)C(=O)NC1CCCCCC1. The number of carbonyl (C=O) groups is 2. The summed E-state index contributed by atoms with van der Waals surface area (Å²) < 4.78 is 13.3. The average Bonchev–Trinajstić information content (AvgIpc) is 3.22. The van der Waals surface area contributed by atoms with Gasteiger partial charge in [-0.1, -0.05) is 43.9 Å². The fraction of sp³-hybridized carbons (Fsp3) is 0.481. The molecule has 1 fully saturated rings. The van der Waals surface area contributed by atoms with Gasteiger partial charge in [-0.3, -0.25) is 9.59 Å². The zero-order chi connectivity index (χ0) is 23.9. The van der Waals surface area contributed by atoms with Gasteiger partial charge in [-0.05, 0) is 32.8 Å². The zero-order valence-electron chi connectivity index (χ0n) is 20.2. The first-order valence-corrected chi connectivity index (χ1v) is 12.3. The quantitative estimate of drug-likeness (QED) is 0.551. The van der Waals surface area contributed by atoms with Crippen molar-refractivity contribution in [3.05, 3.63) is 53.4 Å². The summed E-state index contributed by atoms with van der Waals surface area (Å²) in [7, 11) is 1.62. The second kappa shape index (κ2) is 8.85. The maximum absolute atomic E-state index is 13.9. The van der Waals surface area contributed by atoms with Crippen LogP contribution < -0.4 is 10.1 Å². The van der Waals surface area contributed by atoms with Gasteiger partial charge in [0.2, 0.25) is 5.91 Å². The molecule has 5 rings (SSSR count). The summed E-state index contributed by atoms with van der Waals surface area (Å²) in [6.07, 6.45) is 6.66. The van der Waals surface area contributed by atoms with Crippen molar-refractivity contribution in [2.45, 2.75) is 77.0 Å². The Bertz CT molecular complexity index is 1220. The molecule has 2 amide bonds. The molecule has 1 aromatic carbocycles. The summed E-state index contributed by atoms with van der Waals surface area (Å²) in [5.41, 5.74) is 1.88. The summed E-state index contributed by atoms with van der Waals surface area (Å²) in [4.78, 5) is 29.5. The van der Waals surface area contributed by atoms with E-state index in [1.807, 2.05) is 48.7 Å². The Morgan fingerprint density at radius 1 is 1.18 bits per heavy atom. The highest BCUT2D eigenvalue weighted by Gasteiger charge is 2.48. The Kier molecular flexibility index (Phi) is 5.88. The number of benzene rings is 1. The van der Waals surface area contributed by atoms with E-state index in [9.17, 15) is 9.59 Å². The number of methoxy groups -OCH3 is 1. The van der Waals surface area contributed by atoms with E-state index in [1.54, 1.807) is 18.1 Å². The number of hydrogen-bond donors (Lipinski definition) is 1. The van der Waals surface area contributed by atoms with Gasteiger partial charge in [0.15, 0.2) is 5.58 Å². The van der Waals surface area contributed by atoms with E-state index in [4.69, 9.17) is 9.15 Å². The molecule has 1 saturated carbocycles. The zero-order valence-corrected chi connectivity index (χ0v) is 20.2. The number of carbonyl (C=O) groups excluding carboxylic acids is 2. The fourth-order valence-corrected chi connectivity index (χ4v) is 5.48. The Morgan fingerprint density at radius 3 is 2.65 bits per heavy atom. The molecule has 0 spiro atoms. The molecular formula is C27H33N3O4. The molecule has 1 atom stereocenters. The monoisotopic (exact) mass is 463 g/mol. The summed E-state index contributed by atoms with van der Waals surface area (Å²) in [6, 6.07) is 11.5. The third-order valence-electron chi connectivity index (χ3n) is 7.44. The van der Waals surface area contributed by atoms with Crippen LogP contribution >= 0.6 is 0 Å². The van der Waals surface area contributed by atoms with Crippen molar-refractivity contribution in [3.8, 4) is 5.75 Å². The molecule has 3 heterocycles. The topological polar surface area (TPSA) is 76.7 Å². The third-order valence-corrected chi connectivity index (χ3v) is 7.44. The Morgan fingerprint density at radius 2 is 1.91 bits per heavy atom. The average molecular weight is 464 g/mol. The molecular weight excluding hydrogens is 430 g/mol. The van der Waals surface area contributed by atoms with E-state index < -0.39 is 5.54 Å². The van der Waals surface area contributed by atoms with Crippen molar-refractivity contribution in [2.24, 2.45) is 0 Å². The second-order valence-corrected chi connectivity index (χ2v) is 9.86. The Labute approximate surface area is 200 Å². The van der Waals surface area contributed by atoms with Gasteiger partial charge in [0, 0.05) is 23.7 Å². The molecule has 1 aliphatic heterocycles. The van der Waals surface area contributed by atoms with Crippen molar-refractivity contribution in [3.63, 3.8) is 0 Å². The second-order valence-electron chi connectivity index (χ2n) is 9.86. The first kappa shape index (κ1) is 22.6. The minimum atomic E-state index is -1.06. The molecule has 7 nitrogen and oxygen atoms in total. The van der Waals surface area contributed by atoms with Crippen LogP contribution in [0.1, 0.15) is 67.3 Å². The third kappa shape index (κ3) is 3.87. The molecule has 0 radical (unpaired) electrons. The van der Waals surface area contributed by atoms with Crippen LogP contribution in [-0.2, 0) is 17.9 Å². The summed E-state index contributed by atoms with van der Waals surface area (Å²) in [5, 5.41) is 3.31. The molecule has 34 heavy (non-hydrogen) atoms. The Balaban J connectivity index is 1.54. The van der Waals surface area contributed by atoms with Gasteiger partial charge in [0.25, 0.3) is 5.91 Å². The van der Waals surface area contributed by atoms with Gasteiger partial charge in [-0.2, -0.15) is 0 Å². The minimum Gasteiger partial charge on any atom is -0.496 e. The molecule has 7 heteroatoms. The standard InChI is InChI=1S/C27H33N3O4/c1-18-14-21-24(34-18)15-22-25(31)30(16-19-10-8-9-13-23(19)33-3)27(2,17-29(21)22)26(32)28-20-11-6-4-5-7-12-20/h8-10,13-15,20H,4-7,11-12,16-17H2,1-3H3,(H,28,32)/t27-/m0/s1. The highest BCUT2D eigenvalue weighted by Crippen LogP contribution is 2.36. The van der Waals surface area contributed by atoms with E-state index >= 15 is 0 Å². The first-order valence-electron chi connectivity index (χ1n) is 12.3. The molecule has 1 N–H and O–H groups in total. The summed E-state index contributed by atoms with van der Waals surface area (Å²) >= 11 is 0. The van der Waals surface area contributed by atoms with Gasteiger partial charge in [0.1, 0.15) is 22.7 Å². The minimum absolute atomic E-state index is 0.102. The molecule has 0 saturated heterocycles. The van der Waals surface area contributed by atoms with Crippen LogP contribution in [0.15, 0.2) is 40.8 Å². The number of nitrogens with one attached hydrogen (secondary N) is 1. The first-order chi connectivity index (χ1) is 16.4. The highest BCUT2D eigenvalue weighted by molar-refractivity contribution is 6.03. The number of amides is 2. The number of furan rings is 1. The molecule has 0 bridgehead atoms. The van der Waals surface area contributed by atoms with Gasteiger partial charge in [-0.15, -0.1) is 0 Å². The largest absolute Gasteiger partial charge is 0.496 e. The number of aryl methyl sites for hydroxylation is 1. The number of fused-ring (bicyclic) bond motifs is 3. The van der Waals surface area contributed by atoms with Crippen molar-refractivity contribution in [1.29, 1.82) is 0 Å². The van der Waals surface area contributed by atoms with Gasteiger partial charge >= 0.3 is 0 Å². The smallest absolute Gasteiger partial charge is 0.271 e. The molecule has 1 aliphatic carbocycles. The molecule has 180 valence electrons. The van der Waals surface area contributed by atoms with Crippen molar-refractivity contribution in [1.82, 2.24) is 14.8 Å². The van der Waals surface area contributed by atoms with Crippen LogP contribution in [0.4, 0.5) is 0 Å². The summed E-state index contributed by atoms with van der Waals surface area (Å²) in [6.45, 7) is 4.42. The van der Waals surface area contributed by atoms with E-state index in [0.29, 0.717) is 23.6 Å². The molecule has 2 aliphatic rings. The lowest BCUT2D eigenvalue weighted by molar-refractivity contribution is -0.134. The maximum Gasteiger partial charge on any atom is 0.271 e. The van der Waals surface area contributed by atoms with Gasteiger partial charge < -0.3 is 23.9 Å². The van der Waals surface area contributed by atoms with Crippen LogP contribution in [0.5, 0.6) is 5.75 Å². The van der Waals surface area contributed by atoms with E-state index in [2.05, 4.69) is 5.32 Å². The highest BCUT2D eigenvalue weighted by atomic mass is 16.5. The van der Waals surface area contributed by atoms with Gasteiger partial charge in [0.05, 0.1) is 25.7 Å². The fourth-order valence-electron chi connectivity index (χ4n) is 5.48. The number of rotatable bonds is 5. The maximum atomic E-state index is 13.9. The lowest BCUT2D eigenvalue weighted by atomic mass is 9.92.